The summed E-state index contributed by atoms with van der Waals surface area (Å²) in [5.74, 6) is 1.16. The Bertz CT molecular complexity index is 1560. The summed E-state index contributed by atoms with van der Waals surface area (Å²) in [6.45, 7) is 9.49. The van der Waals surface area contributed by atoms with Gasteiger partial charge in [0.05, 0.1) is 26.4 Å². The molecule has 3 nitrogen and oxygen atoms in total. The normalized spacial score (nSPS) is 27.9. The van der Waals surface area contributed by atoms with Gasteiger partial charge in [-0.15, -0.1) is 0 Å². The van der Waals surface area contributed by atoms with Crippen molar-refractivity contribution in [2.24, 2.45) is 47.3 Å². The first-order valence-electron chi connectivity index (χ1n) is 25.0. The molecule has 0 amide bonds. The Morgan fingerprint density at radius 1 is 0.459 bits per heavy atom. The van der Waals surface area contributed by atoms with Gasteiger partial charge < -0.3 is 14.2 Å². The molecule has 4 aliphatic rings. The van der Waals surface area contributed by atoms with Crippen molar-refractivity contribution >= 4 is 11.1 Å². The van der Waals surface area contributed by atoms with Crippen LogP contribution >= 0.6 is 0 Å². The van der Waals surface area contributed by atoms with Crippen LogP contribution in [0.25, 0.3) is 11.1 Å². The number of ether oxygens (including phenoxy) is 3. The third-order valence-corrected chi connectivity index (χ3v) is 15.4. The van der Waals surface area contributed by atoms with Crippen LogP contribution in [0.3, 0.4) is 0 Å². The van der Waals surface area contributed by atoms with Crippen LogP contribution in [0.1, 0.15) is 180 Å². The lowest BCUT2D eigenvalue weighted by atomic mass is 9.67. The Morgan fingerprint density at radius 2 is 0.803 bits per heavy atom. The molecule has 0 saturated heterocycles. The van der Waals surface area contributed by atoms with Gasteiger partial charge in [0.1, 0.15) is 0 Å². The largest absolute Gasteiger partial charge is 0.490 e. The zero-order valence-corrected chi connectivity index (χ0v) is 38.2. The molecule has 340 valence electrons. The lowest BCUT2D eigenvalue weighted by molar-refractivity contribution is 0.153. The summed E-state index contributed by atoms with van der Waals surface area (Å²) in [6, 6.07) is 6.47. The Labute approximate surface area is 366 Å². The van der Waals surface area contributed by atoms with Crippen LogP contribution < -0.4 is 9.47 Å². The van der Waals surface area contributed by atoms with E-state index in [1.807, 2.05) is 26.0 Å². The molecule has 61 heavy (non-hydrogen) atoms. The molecule has 0 heterocycles. The van der Waals surface area contributed by atoms with Crippen molar-refractivity contribution in [3.63, 3.8) is 0 Å². The van der Waals surface area contributed by atoms with Gasteiger partial charge in [-0.05, 0) is 173 Å². The van der Waals surface area contributed by atoms with Gasteiger partial charge in [-0.25, -0.2) is 8.78 Å². The van der Waals surface area contributed by atoms with E-state index in [4.69, 9.17) is 14.2 Å². The lowest BCUT2D eigenvalue weighted by Gasteiger charge is -2.38. The molecular weight excluding hydrogens is 773 g/mol. The highest BCUT2D eigenvalue weighted by Crippen LogP contribution is 2.48. The molecule has 6 rings (SSSR count). The van der Waals surface area contributed by atoms with Gasteiger partial charge in [0.15, 0.2) is 23.1 Å². The van der Waals surface area contributed by atoms with Gasteiger partial charge in [-0.1, -0.05) is 91.2 Å². The highest BCUT2D eigenvalue weighted by molar-refractivity contribution is 5.70. The Hall–Kier alpha value is -2.80. The smallest absolute Gasteiger partial charge is 0.201 e. The molecule has 7 heteroatoms. The van der Waals surface area contributed by atoms with Crippen molar-refractivity contribution in [2.75, 3.05) is 26.4 Å². The molecule has 4 fully saturated rings. The highest BCUT2D eigenvalue weighted by atomic mass is 19.2. The van der Waals surface area contributed by atoms with E-state index < -0.39 is 23.3 Å². The first-order chi connectivity index (χ1) is 29.8. The SMILES string of the molecule is CCCOc1ccc(C(=CCOCC=C(c2ccc(OCCC)c(F)c2F)[C@H]2CC[C@H]([C@H]3CC[C@H](CCC)CC3)CC2)[C@H]2CC[C@H]([C@H]3CC[C@H](CCC)CC3)CC2)c(F)c1F. The molecule has 0 aliphatic heterocycles. The molecule has 0 unspecified atom stereocenters. The van der Waals surface area contributed by atoms with E-state index in [0.717, 1.165) is 86.2 Å². The third-order valence-electron chi connectivity index (χ3n) is 15.4. The molecular formula is C54H78F4O3. The number of benzene rings is 2. The molecule has 2 aromatic rings. The van der Waals surface area contributed by atoms with E-state index in [1.165, 1.54) is 77.0 Å². The van der Waals surface area contributed by atoms with E-state index in [-0.39, 0.29) is 47.7 Å². The van der Waals surface area contributed by atoms with E-state index in [1.54, 1.807) is 24.3 Å². The minimum Gasteiger partial charge on any atom is -0.490 e. The molecule has 4 aliphatic carbocycles. The summed E-state index contributed by atoms with van der Waals surface area (Å²) in [4.78, 5) is 0. The Kier molecular flexibility index (Phi) is 19.0. The van der Waals surface area contributed by atoms with Gasteiger partial charge >= 0.3 is 0 Å². The summed E-state index contributed by atoms with van der Waals surface area (Å²) in [5.41, 5.74) is 2.16. The van der Waals surface area contributed by atoms with Crippen molar-refractivity contribution in [2.45, 2.75) is 169 Å². The summed E-state index contributed by atoms with van der Waals surface area (Å²) in [7, 11) is 0. The molecule has 2 aromatic carbocycles. The van der Waals surface area contributed by atoms with Crippen LogP contribution in [-0.4, -0.2) is 26.4 Å². The van der Waals surface area contributed by atoms with E-state index in [2.05, 4.69) is 13.8 Å². The zero-order valence-electron chi connectivity index (χ0n) is 38.2. The third kappa shape index (κ3) is 12.7. The summed E-state index contributed by atoms with van der Waals surface area (Å²) in [5, 5.41) is 0. The molecule has 0 bridgehead atoms. The second-order valence-electron chi connectivity index (χ2n) is 19.4. The number of halogens is 4. The van der Waals surface area contributed by atoms with E-state index >= 15 is 17.6 Å². The second-order valence-corrected chi connectivity index (χ2v) is 19.4. The molecule has 0 radical (unpaired) electrons. The van der Waals surface area contributed by atoms with Gasteiger partial charge in [0.25, 0.3) is 0 Å². The maximum Gasteiger partial charge on any atom is 0.201 e. The van der Waals surface area contributed by atoms with E-state index in [9.17, 15) is 0 Å². The minimum atomic E-state index is -0.942. The van der Waals surface area contributed by atoms with Gasteiger partial charge in [-0.2, -0.15) is 8.78 Å². The minimum absolute atomic E-state index is 0.0548. The fourth-order valence-electron chi connectivity index (χ4n) is 12.0. The number of rotatable bonds is 20. The van der Waals surface area contributed by atoms with Crippen LogP contribution in [0, 0.1) is 70.6 Å². The van der Waals surface area contributed by atoms with E-state index in [0.29, 0.717) is 37.9 Å². The topological polar surface area (TPSA) is 27.7 Å². The van der Waals surface area contributed by atoms with Crippen molar-refractivity contribution < 1.29 is 31.8 Å². The van der Waals surface area contributed by atoms with Crippen molar-refractivity contribution in [3.05, 3.63) is 70.8 Å². The predicted octanol–water partition coefficient (Wildman–Crippen LogP) is 16.1. The van der Waals surface area contributed by atoms with Crippen molar-refractivity contribution in [1.29, 1.82) is 0 Å². The Balaban J connectivity index is 1.17. The van der Waals surface area contributed by atoms with Crippen LogP contribution in [0.2, 0.25) is 0 Å². The van der Waals surface area contributed by atoms with Gasteiger partial charge in [0, 0.05) is 11.1 Å². The first kappa shape index (κ1) is 47.7. The summed E-state index contributed by atoms with van der Waals surface area (Å²) < 4.78 is 80.2. The van der Waals surface area contributed by atoms with Crippen LogP contribution in [0.4, 0.5) is 17.6 Å². The monoisotopic (exact) mass is 851 g/mol. The molecule has 0 aromatic heterocycles. The fourth-order valence-corrected chi connectivity index (χ4v) is 12.0. The predicted molar refractivity (Wildman–Crippen MR) is 243 cm³/mol. The van der Waals surface area contributed by atoms with Crippen LogP contribution in [-0.2, 0) is 4.74 Å². The van der Waals surface area contributed by atoms with Crippen LogP contribution in [0.15, 0.2) is 36.4 Å². The first-order valence-corrected chi connectivity index (χ1v) is 25.0. The van der Waals surface area contributed by atoms with Crippen molar-refractivity contribution in [1.82, 2.24) is 0 Å². The zero-order chi connectivity index (χ0) is 43.1. The van der Waals surface area contributed by atoms with Gasteiger partial charge in [0.2, 0.25) is 11.6 Å². The van der Waals surface area contributed by atoms with Gasteiger partial charge in [-0.3, -0.25) is 0 Å². The number of hydrogen-bond acceptors (Lipinski definition) is 3. The number of hydrogen-bond donors (Lipinski definition) is 0. The quantitative estimate of drug-likeness (QED) is 0.0981. The standard InChI is InChI=1S/C54H78F4O3/c1-5-9-37-11-15-39(16-12-37)41-19-23-43(24-20-41)45(47-27-29-49(60-33-7-3)53(57)51(47)55)31-35-59-36-32-46(48-28-30-50(61-34-8-4)54(58)52(48)56)44-25-21-42(22-26-44)40-17-13-38(10-6-2)14-18-40/h27-32,37-44H,5-26,33-36H2,1-4H3/t37-,38-,39-,40-,41-,42-,43-,44-. The fraction of sp³-hybridized carbons (Fsp3) is 0.704. The molecule has 0 atom stereocenters. The molecule has 0 N–H and O–H groups in total. The average molecular weight is 851 g/mol. The maximum absolute atomic E-state index is 16.0. The summed E-state index contributed by atoms with van der Waals surface area (Å²) in [6.07, 6.45) is 29.3. The molecule has 4 saturated carbocycles. The maximum atomic E-state index is 16.0. The Morgan fingerprint density at radius 3 is 1.13 bits per heavy atom. The van der Waals surface area contributed by atoms with Crippen molar-refractivity contribution in [3.8, 4) is 11.5 Å². The lowest BCUT2D eigenvalue weighted by Crippen LogP contribution is -2.26. The average Bonchev–Trinajstić information content (AvgIpc) is 3.29. The number of allylic oxidation sites excluding steroid dienone is 2. The second kappa shape index (κ2) is 24.3. The van der Waals surface area contributed by atoms with Crippen LogP contribution in [0.5, 0.6) is 11.5 Å². The summed E-state index contributed by atoms with van der Waals surface area (Å²) >= 11 is 0. The highest BCUT2D eigenvalue weighted by Gasteiger charge is 2.35. The molecule has 0 spiro atoms.